The van der Waals surface area contributed by atoms with Gasteiger partial charge in [0.05, 0.1) is 5.92 Å². The van der Waals surface area contributed by atoms with Crippen LogP contribution < -0.4 is 10.6 Å². The normalized spacial score (nSPS) is 17.7. The number of hydrogen-bond donors (Lipinski definition) is 2. The van der Waals surface area contributed by atoms with Crippen LogP contribution in [-0.4, -0.2) is 19.0 Å². The Hall–Kier alpha value is -1.51. The van der Waals surface area contributed by atoms with E-state index < -0.39 is 0 Å². The molecule has 1 atom stereocenters. The van der Waals surface area contributed by atoms with Crippen LogP contribution in [0.1, 0.15) is 32.3 Å². The quantitative estimate of drug-likeness (QED) is 0.799. The highest BCUT2D eigenvalue weighted by Crippen LogP contribution is 2.24. The topological polar surface area (TPSA) is 41.1 Å². The van der Waals surface area contributed by atoms with Crippen LogP contribution in [0, 0.1) is 11.8 Å². The molecule has 0 saturated carbocycles. The van der Waals surface area contributed by atoms with Crippen molar-refractivity contribution >= 4 is 11.6 Å². The van der Waals surface area contributed by atoms with Gasteiger partial charge in [0.15, 0.2) is 0 Å². The Bertz CT molecular complexity index is 429. The Balaban J connectivity index is 1.79. The van der Waals surface area contributed by atoms with E-state index in [0.717, 1.165) is 25.9 Å². The average molecular weight is 260 g/mol. The first-order valence-electron chi connectivity index (χ1n) is 7.26. The molecule has 3 heteroatoms. The van der Waals surface area contributed by atoms with Gasteiger partial charge in [0, 0.05) is 18.8 Å². The highest BCUT2D eigenvalue weighted by molar-refractivity contribution is 5.80. The van der Waals surface area contributed by atoms with Crippen LogP contribution in [0.5, 0.6) is 0 Å². The Labute approximate surface area is 115 Å². The molecule has 0 bridgehead atoms. The number of rotatable bonds is 5. The average Bonchev–Trinajstić information content (AvgIpc) is 2.42. The second-order valence-electron chi connectivity index (χ2n) is 5.77. The molecule has 2 N–H and O–H groups in total. The monoisotopic (exact) mass is 260 g/mol. The fourth-order valence-electron chi connectivity index (χ4n) is 2.49. The van der Waals surface area contributed by atoms with Crippen molar-refractivity contribution in [1.82, 2.24) is 5.32 Å². The van der Waals surface area contributed by atoms with Gasteiger partial charge in [-0.3, -0.25) is 4.79 Å². The minimum atomic E-state index is 0.0638. The zero-order chi connectivity index (χ0) is 13.7. The standard InChI is InChI=1S/C16H24N2O/c1-12(2)6-5-9-17-16(19)14-10-13-7-3-4-8-15(13)18-11-14/h3-4,7-8,12,14,18H,5-6,9-11H2,1-2H3,(H,17,19). The van der Waals surface area contributed by atoms with Crippen LogP contribution >= 0.6 is 0 Å². The molecule has 0 fully saturated rings. The number of para-hydroxylation sites is 1. The van der Waals surface area contributed by atoms with Crippen LogP contribution in [0.15, 0.2) is 24.3 Å². The SMILES string of the molecule is CC(C)CCCNC(=O)C1CNc2ccccc2C1. The van der Waals surface area contributed by atoms with Gasteiger partial charge in [-0.05, 0) is 36.8 Å². The Morgan fingerprint density at radius 1 is 1.42 bits per heavy atom. The Morgan fingerprint density at radius 2 is 2.21 bits per heavy atom. The maximum absolute atomic E-state index is 12.1. The predicted molar refractivity (Wildman–Crippen MR) is 79.2 cm³/mol. The largest absolute Gasteiger partial charge is 0.384 e. The molecule has 0 radical (unpaired) electrons. The lowest BCUT2D eigenvalue weighted by atomic mass is 9.93. The molecule has 0 saturated heterocycles. The van der Waals surface area contributed by atoms with Gasteiger partial charge >= 0.3 is 0 Å². The summed E-state index contributed by atoms with van der Waals surface area (Å²) >= 11 is 0. The summed E-state index contributed by atoms with van der Waals surface area (Å²) < 4.78 is 0. The van der Waals surface area contributed by atoms with Gasteiger partial charge in [-0.1, -0.05) is 32.0 Å². The summed E-state index contributed by atoms with van der Waals surface area (Å²) in [6.45, 7) is 5.97. The summed E-state index contributed by atoms with van der Waals surface area (Å²) in [6.07, 6.45) is 3.09. The van der Waals surface area contributed by atoms with Gasteiger partial charge in [0.1, 0.15) is 0 Å². The molecular formula is C16H24N2O. The third kappa shape index (κ3) is 3.98. The summed E-state index contributed by atoms with van der Waals surface area (Å²) in [5, 5.41) is 6.40. The molecule has 1 aromatic carbocycles. The first-order chi connectivity index (χ1) is 9.16. The number of fused-ring (bicyclic) bond motifs is 1. The van der Waals surface area contributed by atoms with Crippen LogP contribution in [-0.2, 0) is 11.2 Å². The van der Waals surface area contributed by atoms with Crippen LogP contribution in [0.25, 0.3) is 0 Å². The lowest BCUT2D eigenvalue weighted by Crippen LogP contribution is -2.38. The van der Waals surface area contributed by atoms with Crippen molar-refractivity contribution in [3.05, 3.63) is 29.8 Å². The third-order valence-corrected chi connectivity index (χ3v) is 3.65. The molecule has 1 aliphatic heterocycles. The van der Waals surface area contributed by atoms with E-state index in [-0.39, 0.29) is 11.8 Å². The van der Waals surface area contributed by atoms with E-state index in [9.17, 15) is 4.79 Å². The van der Waals surface area contributed by atoms with Crippen molar-refractivity contribution in [2.24, 2.45) is 11.8 Å². The molecule has 3 nitrogen and oxygen atoms in total. The zero-order valence-corrected chi connectivity index (χ0v) is 11.9. The van der Waals surface area contributed by atoms with Crippen molar-refractivity contribution in [3.63, 3.8) is 0 Å². The predicted octanol–water partition coefficient (Wildman–Crippen LogP) is 2.82. The van der Waals surface area contributed by atoms with Crippen molar-refractivity contribution < 1.29 is 4.79 Å². The number of benzene rings is 1. The third-order valence-electron chi connectivity index (χ3n) is 3.65. The molecule has 0 spiro atoms. The van der Waals surface area contributed by atoms with Gasteiger partial charge in [-0.15, -0.1) is 0 Å². The molecule has 19 heavy (non-hydrogen) atoms. The molecule has 104 valence electrons. The maximum Gasteiger partial charge on any atom is 0.225 e. The summed E-state index contributed by atoms with van der Waals surface area (Å²) in [5.41, 5.74) is 2.42. The molecule has 1 aromatic rings. The Morgan fingerprint density at radius 3 is 3.00 bits per heavy atom. The number of hydrogen-bond acceptors (Lipinski definition) is 2. The van der Waals surface area contributed by atoms with Gasteiger partial charge in [-0.25, -0.2) is 0 Å². The van der Waals surface area contributed by atoms with E-state index >= 15 is 0 Å². The fourth-order valence-corrected chi connectivity index (χ4v) is 2.49. The molecule has 1 unspecified atom stereocenters. The van der Waals surface area contributed by atoms with Crippen LogP contribution in [0.4, 0.5) is 5.69 Å². The number of carbonyl (C=O) groups excluding carboxylic acids is 1. The van der Waals surface area contributed by atoms with Crippen LogP contribution in [0.2, 0.25) is 0 Å². The second-order valence-corrected chi connectivity index (χ2v) is 5.77. The smallest absolute Gasteiger partial charge is 0.225 e. The summed E-state index contributed by atoms with van der Waals surface area (Å²) in [5.74, 6) is 0.958. The Kier molecular flexibility index (Phi) is 4.83. The summed E-state index contributed by atoms with van der Waals surface area (Å²) in [4.78, 5) is 12.1. The minimum Gasteiger partial charge on any atom is -0.384 e. The van der Waals surface area contributed by atoms with Crippen molar-refractivity contribution in [2.75, 3.05) is 18.4 Å². The molecule has 1 aliphatic rings. The van der Waals surface area contributed by atoms with Crippen LogP contribution in [0.3, 0.4) is 0 Å². The minimum absolute atomic E-state index is 0.0638. The molecule has 0 aliphatic carbocycles. The number of carbonyl (C=O) groups is 1. The molecule has 1 amide bonds. The number of amides is 1. The van der Waals surface area contributed by atoms with E-state index in [1.165, 1.54) is 17.7 Å². The highest BCUT2D eigenvalue weighted by atomic mass is 16.1. The highest BCUT2D eigenvalue weighted by Gasteiger charge is 2.23. The molecule has 0 aromatic heterocycles. The first kappa shape index (κ1) is 13.9. The summed E-state index contributed by atoms with van der Waals surface area (Å²) in [7, 11) is 0. The molecular weight excluding hydrogens is 236 g/mol. The van der Waals surface area contributed by atoms with Crippen molar-refractivity contribution in [1.29, 1.82) is 0 Å². The first-order valence-corrected chi connectivity index (χ1v) is 7.26. The summed E-state index contributed by atoms with van der Waals surface area (Å²) in [6, 6.07) is 8.23. The van der Waals surface area contributed by atoms with E-state index in [0.29, 0.717) is 5.92 Å². The van der Waals surface area contributed by atoms with Gasteiger partial charge in [0.2, 0.25) is 5.91 Å². The van der Waals surface area contributed by atoms with E-state index in [4.69, 9.17) is 0 Å². The maximum atomic E-state index is 12.1. The second kappa shape index (κ2) is 6.60. The van der Waals surface area contributed by atoms with Crippen molar-refractivity contribution in [3.8, 4) is 0 Å². The van der Waals surface area contributed by atoms with Gasteiger partial charge < -0.3 is 10.6 Å². The molecule has 1 heterocycles. The van der Waals surface area contributed by atoms with Gasteiger partial charge in [0.25, 0.3) is 0 Å². The fraction of sp³-hybridized carbons (Fsp3) is 0.562. The number of anilines is 1. The van der Waals surface area contributed by atoms with Gasteiger partial charge in [-0.2, -0.15) is 0 Å². The number of nitrogens with one attached hydrogen (secondary N) is 2. The van der Waals surface area contributed by atoms with E-state index in [1.54, 1.807) is 0 Å². The lowest BCUT2D eigenvalue weighted by Gasteiger charge is -2.25. The lowest BCUT2D eigenvalue weighted by molar-refractivity contribution is -0.124. The van der Waals surface area contributed by atoms with E-state index in [1.807, 2.05) is 12.1 Å². The van der Waals surface area contributed by atoms with Crippen molar-refractivity contribution in [2.45, 2.75) is 33.1 Å². The van der Waals surface area contributed by atoms with E-state index in [2.05, 4.69) is 36.6 Å². The zero-order valence-electron chi connectivity index (χ0n) is 11.9. The molecule has 2 rings (SSSR count).